The Bertz CT molecular complexity index is 436. The second-order valence-corrected chi connectivity index (χ2v) is 9.39. The Hall–Kier alpha value is -1.10. The lowest BCUT2D eigenvalue weighted by Crippen LogP contribution is -2.43. The van der Waals surface area contributed by atoms with Crippen LogP contribution in [0.15, 0.2) is 0 Å². The Morgan fingerprint density at radius 3 is 1.61 bits per heavy atom. The van der Waals surface area contributed by atoms with Crippen LogP contribution in [0.1, 0.15) is 124 Å². The van der Waals surface area contributed by atoms with E-state index in [0.717, 1.165) is 18.8 Å². The summed E-state index contributed by atoms with van der Waals surface area (Å²) in [6, 6.07) is -0.514. The lowest BCUT2D eigenvalue weighted by atomic mass is 10.0. The van der Waals surface area contributed by atoms with Crippen LogP contribution in [0.5, 0.6) is 0 Å². The molecule has 0 aliphatic heterocycles. The fraction of sp³-hybridized carbons (Fsp3) is 0.923. The molecule has 31 heavy (non-hydrogen) atoms. The van der Waals surface area contributed by atoms with Gasteiger partial charge in [0, 0.05) is 13.0 Å². The molecule has 0 aromatic heterocycles. The molecule has 0 rings (SSSR count). The molecule has 5 heteroatoms. The number of nitrogens with one attached hydrogen (secondary N) is 1. The number of carbonyl (C=O) groups excluding carboxylic acids is 1. The zero-order chi connectivity index (χ0) is 23.3. The van der Waals surface area contributed by atoms with Crippen molar-refractivity contribution in [3.05, 3.63) is 0 Å². The Labute approximate surface area is 192 Å². The van der Waals surface area contributed by atoms with Crippen LogP contribution >= 0.6 is 0 Å². The van der Waals surface area contributed by atoms with Crippen LogP contribution in [0.2, 0.25) is 0 Å². The van der Waals surface area contributed by atoms with Gasteiger partial charge in [0.1, 0.15) is 6.04 Å². The maximum absolute atomic E-state index is 12.0. The first-order valence-corrected chi connectivity index (χ1v) is 13.2. The molecule has 0 aliphatic rings. The van der Waals surface area contributed by atoms with Gasteiger partial charge in [-0.25, -0.2) is 0 Å². The molecule has 0 saturated carbocycles. The van der Waals surface area contributed by atoms with Gasteiger partial charge in [-0.1, -0.05) is 105 Å². The first-order chi connectivity index (χ1) is 14.9. The second kappa shape index (κ2) is 20.8. The minimum atomic E-state index is -0.806. The van der Waals surface area contributed by atoms with Crippen LogP contribution in [0.25, 0.3) is 0 Å². The van der Waals surface area contributed by atoms with E-state index in [4.69, 9.17) is 0 Å². The van der Waals surface area contributed by atoms with E-state index < -0.39 is 12.0 Å². The largest absolute Gasteiger partial charge is 0.480 e. The van der Waals surface area contributed by atoms with E-state index in [2.05, 4.69) is 19.2 Å². The van der Waals surface area contributed by atoms with Crippen LogP contribution in [-0.4, -0.2) is 47.6 Å². The topological polar surface area (TPSA) is 69.6 Å². The third kappa shape index (κ3) is 18.2. The molecule has 0 bridgehead atoms. The standard InChI is InChI=1S/C26H52N2O3/c1-5-28(6-2)24(26(30)31)21-22-27-25(29)20-18-16-14-12-10-8-7-9-11-13-15-17-19-23(3)4/h23-24H,5-22H2,1-4H3,(H,27,29)(H,30,31). The predicted octanol–water partition coefficient (Wildman–Crippen LogP) is 6.41. The summed E-state index contributed by atoms with van der Waals surface area (Å²) in [7, 11) is 0. The molecule has 0 spiro atoms. The minimum absolute atomic E-state index is 0.0529. The van der Waals surface area contributed by atoms with Gasteiger partial charge in [0.05, 0.1) is 0 Å². The van der Waals surface area contributed by atoms with Crippen LogP contribution in [-0.2, 0) is 9.59 Å². The number of unbranched alkanes of at least 4 members (excludes halogenated alkanes) is 11. The minimum Gasteiger partial charge on any atom is -0.480 e. The van der Waals surface area contributed by atoms with Crippen molar-refractivity contribution in [2.24, 2.45) is 5.92 Å². The number of hydrogen-bond donors (Lipinski definition) is 2. The van der Waals surface area contributed by atoms with Gasteiger partial charge >= 0.3 is 5.97 Å². The average molecular weight is 441 g/mol. The van der Waals surface area contributed by atoms with E-state index in [0.29, 0.717) is 32.5 Å². The summed E-state index contributed by atoms with van der Waals surface area (Å²) in [5, 5.41) is 12.3. The van der Waals surface area contributed by atoms with Gasteiger partial charge in [0.15, 0.2) is 0 Å². The summed E-state index contributed by atoms with van der Waals surface area (Å²) in [6.45, 7) is 10.4. The summed E-state index contributed by atoms with van der Waals surface area (Å²) in [4.78, 5) is 25.3. The molecule has 5 nitrogen and oxygen atoms in total. The van der Waals surface area contributed by atoms with Gasteiger partial charge < -0.3 is 10.4 Å². The van der Waals surface area contributed by atoms with Crippen LogP contribution < -0.4 is 5.32 Å². The van der Waals surface area contributed by atoms with E-state index in [1.165, 1.54) is 70.6 Å². The Kier molecular flexibility index (Phi) is 20.0. The number of hydrogen-bond acceptors (Lipinski definition) is 3. The summed E-state index contributed by atoms with van der Waals surface area (Å²) < 4.78 is 0. The number of carboxylic acid groups (broad SMARTS) is 1. The highest BCUT2D eigenvalue weighted by atomic mass is 16.4. The molecule has 1 amide bonds. The van der Waals surface area contributed by atoms with Crippen molar-refractivity contribution in [3.63, 3.8) is 0 Å². The van der Waals surface area contributed by atoms with Gasteiger partial charge in [-0.3, -0.25) is 14.5 Å². The van der Waals surface area contributed by atoms with E-state index in [1.807, 2.05) is 18.7 Å². The van der Waals surface area contributed by atoms with E-state index in [9.17, 15) is 14.7 Å². The zero-order valence-corrected chi connectivity index (χ0v) is 21.1. The number of rotatable bonds is 22. The number of carboxylic acids is 1. The fourth-order valence-electron chi connectivity index (χ4n) is 4.17. The average Bonchev–Trinajstić information content (AvgIpc) is 2.73. The van der Waals surface area contributed by atoms with Crippen molar-refractivity contribution in [2.75, 3.05) is 19.6 Å². The van der Waals surface area contributed by atoms with Crippen molar-refractivity contribution in [2.45, 2.75) is 130 Å². The maximum atomic E-state index is 12.0. The zero-order valence-electron chi connectivity index (χ0n) is 21.1. The van der Waals surface area contributed by atoms with Gasteiger partial charge in [0.25, 0.3) is 0 Å². The van der Waals surface area contributed by atoms with Crippen molar-refractivity contribution < 1.29 is 14.7 Å². The number of nitrogens with zero attached hydrogens (tertiary/aromatic N) is 1. The number of carbonyl (C=O) groups is 2. The molecule has 184 valence electrons. The Morgan fingerprint density at radius 1 is 0.742 bits per heavy atom. The van der Waals surface area contributed by atoms with E-state index in [-0.39, 0.29) is 5.91 Å². The van der Waals surface area contributed by atoms with Crippen molar-refractivity contribution in [1.82, 2.24) is 10.2 Å². The van der Waals surface area contributed by atoms with Crippen LogP contribution in [0, 0.1) is 5.92 Å². The lowest BCUT2D eigenvalue weighted by molar-refractivity contribution is -0.143. The number of amides is 1. The molecule has 0 aliphatic carbocycles. The normalized spacial score (nSPS) is 12.5. The molecular weight excluding hydrogens is 388 g/mol. The Morgan fingerprint density at radius 2 is 1.19 bits per heavy atom. The smallest absolute Gasteiger partial charge is 0.320 e. The van der Waals surface area contributed by atoms with Crippen molar-refractivity contribution in [3.8, 4) is 0 Å². The lowest BCUT2D eigenvalue weighted by Gasteiger charge is -2.26. The third-order valence-corrected chi connectivity index (χ3v) is 6.21. The number of aliphatic carboxylic acids is 1. The molecule has 0 saturated heterocycles. The van der Waals surface area contributed by atoms with E-state index in [1.54, 1.807) is 0 Å². The third-order valence-electron chi connectivity index (χ3n) is 6.21. The van der Waals surface area contributed by atoms with Gasteiger partial charge in [-0.2, -0.15) is 0 Å². The van der Waals surface area contributed by atoms with Gasteiger partial charge in [-0.15, -0.1) is 0 Å². The summed E-state index contributed by atoms with van der Waals surface area (Å²) in [6.07, 6.45) is 18.0. The second-order valence-electron chi connectivity index (χ2n) is 9.39. The first-order valence-electron chi connectivity index (χ1n) is 13.2. The highest BCUT2D eigenvalue weighted by Gasteiger charge is 2.22. The molecule has 0 aromatic rings. The SMILES string of the molecule is CCN(CC)C(CCNC(=O)CCCCCCCCCCCCCCC(C)C)C(=O)O. The van der Waals surface area contributed by atoms with E-state index >= 15 is 0 Å². The fourth-order valence-corrected chi connectivity index (χ4v) is 4.17. The molecule has 0 fully saturated rings. The van der Waals surface area contributed by atoms with Crippen molar-refractivity contribution in [1.29, 1.82) is 0 Å². The van der Waals surface area contributed by atoms with Gasteiger partial charge in [-0.05, 0) is 31.8 Å². The molecule has 0 aromatic carbocycles. The quantitative estimate of drug-likeness (QED) is 0.191. The highest BCUT2D eigenvalue weighted by molar-refractivity contribution is 5.76. The predicted molar refractivity (Wildman–Crippen MR) is 131 cm³/mol. The maximum Gasteiger partial charge on any atom is 0.320 e. The van der Waals surface area contributed by atoms with Gasteiger partial charge in [0.2, 0.25) is 5.91 Å². The van der Waals surface area contributed by atoms with Crippen molar-refractivity contribution >= 4 is 11.9 Å². The number of likely N-dealkylation sites (N-methyl/N-ethyl adjacent to an activating group) is 1. The van der Waals surface area contributed by atoms with Crippen LogP contribution in [0.3, 0.4) is 0 Å². The molecule has 2 N–H and O–H groups in total. The molecule has 1 unspecified atom stereocenters. The highest BCUT2D eigenvalue weighted by Crippen LogP contribution is 2.14. The summed E-state index contributed by atoms with van der Waals surface area (Å²) >= 11 is 0. The Balaban J connectivity index is 3.49. The first kappa shape index (κ1) is 29.9. The summed E-state index contributed by atoms with van der Waals surface area (Å²) in [5.41, 5.74) is 0. The monoisotopic (exact) mass is 440 g/mol. The molecule has 0 heterocycles. The molecule has 1 atom stereocenters. The summed E-state index contributed by atoms with van der Waals surface area (Å²) in [5.74, 6) is 0.0974. The molecular formula is C26H52N2O3. The van der Waals surface area contributed by atoms with Crippen LogP contribution in [0.4, 0.5) is 0 Å². The molecule has 0 radical (unpaired) electrons.